The molecule has 2 heterocycles. The van der Waals surface area contributed by atoms with Crippen LogP contribution in [0.2, 0.25) is 0 Å². The number of rotatable bonds is 3. The molecule has 7 heteroatoms. The molecule has 2 rings (SSSR count). The predicted molar refractivity (Wildman–Crippen MR) is 79.1 cm³/mol. The number of carbonyl (C=O) groups is 1. The maximum absolute atomic E-state index is 12.5. The second kappa shape index (κ2) is 6.58. The van der Waals surface area contributed by atoms with Crippen LogP contribution in [0.15, 0.2) is 11.4 Å². The van der Waals surface area contributed by atoms with Crippen LogP contribution < -0.4 is 0 Å². The summed E-state index contributed by atoms with van der Waals surface area (Å²) in [5.41, 5.74) is 0.979. The summed E-state index contributed by atoms with van der Waals surface area (Å²) in [6, 6.07) is 1.92. The topological polar surface area (TPSA) is 40.5 Å². The lowest BCUT2D eigenvalue weighted by molar-refractivity contribution is -0.222. The van der Waals surface area contributed by atoms with Crippen molar-refractivity contribution in [2.24, 2.45) is 5.92 Å². The Morgan fingerprint density at radius 2 is 1.95 bits per heavy atom. The lowest BCUT2D eigenvalue weighted by Gasteiger charge is -2.34. The normalized spacial score (nSPS) is 18.8. The summed E-state index contributed by atoms with van der Waals surface area (Å²) < 4.78 is 37.6. The molecule has 0 aromatic carbocycles. The minimum atomic E-state index is -4.59. The molecule has 1 aliphatic heterocycles. The summed E-state index contributed by atoms with van der Waals surface area (Å²) in [6.07, 6.45) is -6.53. The Balaban J connectivity index is 2.00. The molecule has 1 N–H and O–H groups in total. The number of carbonyl (C=O) groups excluding carboxylic acids is 1. The second-order valence-electron chi connectivity index (χ2n) is 5.98. The van der Waals surface area contributed by atoms with Gasteiger partial charge >= 0.3 is 6.18 Å². The van der Waals surface area contributed by atoms with Crippen LogP contribution in [0, 0.1) is 5.92 Å². The molecule has 0 spiro atoms. The van der Waals surface area contributed by atoms with Gasteiger partial charge in [-0.2, -0.15) is 13.2 Å². The van der Waals surface area contributed by atoms with E-state index in [2.05, 4.69) is 0 Å². The first-order valence-electron chi connectivity index (χ1n) is 7.33. The SMILES string of the molecule is CC(C)c1ccsc1C(=O)N1CCC(C(O)C(F)(F)F)CC1. The summed E-state index contributed by atoms with van der Waals surface area (Å²) in [6.45, 7) is 4.52. The van der Waals surface area contributed by atoms with Gasteiger partial charge in [-0.15, -0.1) is 11.3 Å². The van der Waals surface area contributed by atoms with Gasteiger partial charge in [-0.05, 0) is 41.7 Å². The van der Waals surface area contributed by atoms with Crippen LogP contribution in [0.4, 0.5) is 13.2 Å². The van der Waals surface area contributed by atoms with Gasteiger partial charge in [0.1, 0.15) is 0 Å². The van der Waals surface area contributed by atoms with Crippen molar-refractivity contribution in [2.45, 2.75) is 44.9 Å². The fourth-order valence-corrected chi connectivity index (χ4v) is 3.80. The van der Waals surface area contributed by atoms with E-state index < -0.39 is 18.2 Å². The molecule has 0 saturated carbocycles. The maximum Gasteiger partial charge on any atom is 0.414 e. The summed E-state index contributed by atoms with van der Waals surface area (Å²) in [5.74, 6) is -0.703. The van der Waals surface area contributed by atoms with Crippen molar-refractivity contribution in [2.75, 3.05) is 13.1 Å². The molecule has 22 heavy (non-hydrogen) atoms. The van der Waals surface area contributed by atoms with Crippen molar-refractivity contribution in [3.05, 3.63) is 21.9 Å². The van der Waals surface area contributed by atoms with Crippen LogP contribution in [-0.4, -0.2) is 41.3 Å². The number of piperidine rings is 1. The van der Waals surface area contributed by atoms with E-state index in [1.54, 1.807) is 4.90 Å². The van der Waals surface area contributed by atoms with Crippen molar-refractivity contribution in [3.63, 3.8) is 0 Å². The van der Waals surface area contributed by atoms with Crippen molar-refractivity contribution in [1.82, 2.24) is 4.90 Å². The molecule has 1 amide bonds. The van der Waals surface area contributed by atoms with Crippen LogP contribution in [-0.2, 0) is 0 Å². The molecule has 0 aliphatic carbocycles. The number of nitrogens with zero attached hydrogens (tertiary/aromatic N) is 1. The molecule has 0 bridgehead atoms. The highest BCUT2D eigenvalue weighted by molar-refractivity contribution is 7.12. The van der Waals surface area contributed by atoms with E-state index in [0.29, 0.717) is 4.88 Å². The van der Waals surface area contributed by atoms with E-state index in [1.807, 2.05) is 25.3 Å². The third kappa shape index (κ3) is 3.63. The highest BCUT2D eigenvalue weighted by Gasteiger charge is 2.44. The van der Waals surface area contributed by atoms with Gasteiger partial charge in [0.15, 0.2) is 6.10 Å². The Labute approximate surface area is 131 Å². The van der Waals surface area contributed by atoms with Crippen molar-refractivity contribution >= 4 is 17.2 Å². The quantitative estimate of drug-likeness (QED) is 0.916. The van der Waals surface area contributed by atoms with E-state index in [9.17, 15) is 23.1 Å². The lowest BCUT2D eigenvalue weighted by atomic mass is 9.90. The summed E-state index contributed by atoms with van der Waals surface area (Å²) in [5, 5.41) is 11.2. The predicted octanol–water partition coefficient (Wildman–Crippen LogP) is 3.65. The molecule has 1 atom stereocenters. The van der Waals surface area contributed by atoms with Crippen molar-refractivity contribution < 1.29 is 23.1 Å². The first kappa shape index (κ1) is 17.3. The lowest BCUT2D eigenvalue weighted by Crippen LogP contribution is -2.45. The highest BCUT2D eigenvalue weighted by Crippen LogP contribution is 2.33. The summed E-state index contributed by atoms with van der Waals surface area (Å²) in [4.78, 5) is 14.8. The van der Waals surface area contributed by atoms with Crippen LogP contribution in [0.1, 0.15) is 47.8 Å². The second-order valence-corrected chi connectivity index (χ2v) is 6.89. The fourth-order valence-electron chi connectivity index (χ4n) is 2.78. The Kier molecular flexibility index (Phi) is 5.17. The smallest absolute Gasteiger partial charge is 0.383 e. The number of amides is 1. The summed E-state index contributed by atoms with van der Waals surface area (Å²) in [7, 11) is 0. The maximum atomic E-state index is 12.5. The van der Waals surface area contributed by atoms with E-state index >= 15 is 0 Å². The first-order chi connectivity index (χ1) is 10.2. The molecule has 1 saturated heterocycles. The van der Waals surface area contributed by atoms with Gasteiger partial charge in [0, 0.05) is 13.1 Å². The van der Waals surface area contributed by atoms with E-state index in [0.717, 1.165) is 5.56 Å². The summed E-state index contributed by atoms with van der Waals surface area (Å²) >= 11 is 1.37. The van der Waals surface area contributed by atoms with Crippen molar-refractivity contribution in [1.29, 1.82) is 0 Å². The van der Waals surface area contributed by atoms with Gasteiger partial charge in [0.05, 0.1) is 4.88 Å². The molecule has 1 fully saturated rings. The largest absolute Gasteiger partial charge is 0.414 e. The van der Waals surface area contributed by atoms with Gasteiger partial charge in [0.25, 0.3) is 5.91 Å². The third-order valence-electron chi connectivity index (χ3n) is 4.12. The Bertz CT molecular complexity index is 519. The standard InChI is InChI=1S/C15H20F3NO2S/c1-9(2)11-5-8-22-12(11)14(21)19-6-3-10(4-7-19)13(20)15(16,17)18/h5,8-10,13,20H,3-4,6-7H2,1-2H3. The molecule has 124 valence electrons. The van der Waals surface area contributed by atoms with E-state index in [4.69, 9.17) is 0 Å². The van der Waals surface area contributed by atoms with Crippen LogP contribution in [0.3, 0.4) is 0 Å². The molecular formula is C15H20F3NO2S. The molecular weight excluding hydrogens is 315 g/mol. The minimum Gasteiger partial charge on any atom is -0.383 e. The molecule has 1 aromatic rings. The molecule has 1 unspecified atom stereocenters. The van der Waals surface area contributed by atoms with Crippen LogP contribution >= 0.6 is 11.3 Å². The zero-order valence-corrected chi connectivity index (χ0v) is 13.4. The number of halogens is 3. The number of aliphatic hydroxyl groups excluding tert-OH is 1. The Morgan fingerprint density at radius 3 is 2.45 bits per heavy atom. The van der Waals surface area contributed by atoms with Gasteiger partial charge in [-0.3, -0.25) is 4.79 Å². The average Bonchev–Trinajstić information content (AvgIpc) is 2.94. The van der Waals surface area contributed by atoms with Crippen molar-refractivity contribution in [3.8, 4) is 0 Å². The Morgan fingerprint density at radius 1 is 1.36 bits per heavy atom. The molecule has 3 nitrogen and oxygen atoms in total. The minimum absolute atomic E-state index is 0.112. The number of thiophene rings is 1. The Hall–Kier alpha value is -1.08. The van der Waals surface area contributed by atoms with Crippen LogP contribution in [0.25, 0.3) is 0 Å². The van der Waals surface area contributed by atoms with Crippen LogP contribution in [0.5, 0.6) is 0 Å². The van der Waals surface area contributed by atoms with Gasteiger partial charge < -0.3 is 10.0 Å². The monoisotopic (exact) mass is 335 g/mol. The number of likely N-dealkylation sites (tertiary alicyclic amines) is 1. The van der Waals surface area contributed by atoms with Gasteiger partial charge in [0.2, 0.25) is 0 Å². The van der Waals surface area contributed by atoms with Gasteiger partial charge in [-0.1, -0.05) is 13.8 Å². The third-order valence-corrected chi connectivity index (χ3v) is 5.04. The highest BCUT2D eigenvalue weighted by atomic mass is 32.1. The zero-order chi connectivity index (χ0) is 16.5. The zero-order valence-electron chi connectivity index (χ0n) is 12.6. The number of hydrogen-bond acceptors (Lipinski definition) is 3. The van der Waals surface area contributed by atoms with E-state index in [1.165, 1.54) is 11.3 Å². The molecule has 0 radical (unpaired) electrons. The van der Waals surface area contributed by atoms with E-state index in [-0.39, 0.29) is 37.8 Å². The first-order valence-corrected chi connectivity index (χ1v) is 8.21. The number of aliphatic hydroxyl groups is 1. The van der Waals surface area contributed by atoms with Gasteiger partial charge in [-0.25, -0.2) is 0 Å². The fraction of sp³-hybridized carbons (Fsp3) is 0.667. The number of alkyl halides is 3. The number of hydrogen-bond donors (Lipinski definition) is 1. The average molecular weight is 335 g/mol. The molecule has 1 aromatic heterocycles. The molecule has 1 aliphatic rings.